The number of para-hydroxylation sites is 1. The average molecular weight is 399 g/mol. The van der Waals surface area contributed by atoms with Crippen molar-refractivity contribution < 1.29 is 9.59 Å². The number of hydrogen-bond donors (Lipinski definition) is 3. The Morgan fingerprint density at radius 1 is 1.03 bits per heavy atom. The summed E-state index contributed by atoms with van der Waals surface area (Å²) in [5, 5.41) is 5.84. The molecule has 5 nitrogen and oxygen atoms in total. The highest BCUT2D eigenvalue weighted by Gasteiger charge is 2.24. The van der Waals surface area contributed by atoms with Crippen LogP contribution in [0.25, 0.3) is 11.6 Å². The Bertz CT molecular complexity index is 1100. The molecule has 0 atom stereocenters. The van der Waals surface area contributed by atoms with Crippen LogP contribution in [-0.2, 0) is 11.2 Å². The molecule has 0 saturated heterocycles. The van der Waals surface area contributed by atoms with Gasteiger partial charge >= 0.3 is 0 Å². The molecule has 152 valence electrons. The van der Waals surface area contributed by atoms with Gasteiger partial charge in [-0.05, 0) is 55.5 Å². The van der Waals surface area contributed by atoms with Crippen LogP contribution in [0.15, 0.2) is 60.7 Å². The van der Waals surface area contributed by atoms with Crippen molar-refractivity contribution in [2.24, 2.45) is 0 Å². The zero-order valence-electron chi connectivity index (χ0n) is 17.0. The van der Waals surface area contributed by atoms with Crippen LogP contribution in [0, 0.1) is 6.92 Å². The fraction of sp³-hybridized carbons (Fsp3) is 0.200. The van der Waals surface area contributed by atoms with Crippen molar-refractivity contribution in [1.82, 2.24) is 10.3 Å². The third-order valence-electron chi connectivity index (χ3n) is 5.32. The zero-order valence-corrected chi connectivity index (χ0v) is 17.0. The molecule has 2 amide bonds. The number of hydrogen-bond acceptors (Lipinski definition) is 2. The molecule has 2 heterocycles. The number of nitrogens with one attached hydrogen (secondary N) is 3. The SMILES string of the molecule is Cc1cc(C(=O)NCCCCc2ccccc2)[nH]c1/C=C1/C(=O)Nc2ccccc21. The van der Waals surface area contributed by atoms with Gasteiger partial charge in [0.2, 0.25) is 0 Å². The van der Waals surface area contributed by atoms with E-state index in [-0.39, 0.29) is 11.8 Å². The van der Waals surface area contributed by atoms with E-state index in [0.29, 0.717) is 17.8 Å². The van der Waals surface area contributed by atoms with E-state index >= 15 is 0 Å². The normalized spacial score (nSPS) is 13.9. The number of anilines is 1. The van der Waals surface area contributed by atoms with Crippen LogP contribution in [0.1, 0.15) is 45.7 Å². The van der Waals surface area contributed by atoms with E-state index in [2.05, 4.69) is 27.8 Å². The van der Waals surface area contributed by atoms with E-state index in [1.54, 1.807) is 0 Å². The van der Waals surface area contributed by atoms with Crippen molar-refractivity contribution in [2.75, 3.05) is 11.9 Å². The van der Waals surface area contributed by atoms with Crippen molar-refractivity contribution in [1.29, 1.82) is 0 Å². The van der Waals surface area contributed by atoms with Crippen molar-refractivity contribution in [3.05, 3.63) is 88.7 Å². The van der Waals surface area contributed by atoms with Crippen LogP contribution in [0.4, 0.5) is 5.69 Å². The second kappa shape index (κ2) is 8.82. The maximum Gasteiger partial charge on any atom is 0.267 e. The highest BCUT2D eigenvalue weighted by molar-refractivity contribution is 6.34. The van der Waals surface area contributed by atoms with Gasteiger partial charge in [0.1, 0.15) is 5.69 Å². The lowest BCUT2D eigenvalue weighted by Gasteiger charge is -2.04. The number of aromatic nitrogens is 1. The average Bonchev–Trinajstić information content (AvgIpc) is 3.28. The molecule has 0 bridgehead atoms. The molecular weight excluding hydrogens is 374 g/mol. The number of amides is 2. The monoisotopic (exact) mass is 399 g/mol. The largest absolute Gasteiger partial charge is 0.351 e. The number of carbonyl (C=O) groups excluding carboxylic acids is 2. The van der Waals surface area contributed by atoms with Gasteiger partial charge in [0, 0.05) is 23.5 Å². The topological polar surface area (TPSA) is 74.0 Å². The summed E-state index contributed by atoms with van der Waals surface area (Å²) in [5.41, 5.74) is 5.81. The first-order valence-electron chi connectivity index (χ1n) is 10.3. The molecule has 3 aromatic rings. The van der Waals surface area contributed by atoms with E-state index in [9.17, 15) is 9.59 Å². The van der Waals surface area contributed by atoms with Gasteiger partial charge in [-0.25, -0.2) is 0 Å². The van der Waals surface area contributed by atoms with E-state index in [4.69, 9.17) is 0 Å². The second-order valence-corrected chi connectivity index (χ2v) is 7.54. The predicted octanol–water partition coefficient (Wildman–Crippen LogP) is 4.57. The van der Waals surface area contributed by atoms with Gasteiger partial charge in [0.25, 0.3) is 11.8 Å². The molecule has 0 unspecified atom stereocenters. The molecule has 1 aromatic heterocycles. The number of rotatable bonds is 7. The summed E-state index contributed by atoms with van der Waals surface area (Å²) >= 11 is 0. The number of H-pyrrole nitrogens is 1. The Kier molecular flexibility index (Phi) is 5.80. The Balaban J connectivity index is 1.36. The minimum absolute atomic E-state index is 0.126. The maximum atomic E-state index is 12.5. The molecule has 0 aliphatic carbocycles. The third-order valence-corrected chi connectivity index (χ3v) is 5.32. The standard InChI is InChI=1S/C25H25N3O2/c1-17-15-23(25(30)26-14-8-7-11-18-9-3-2-4-10-18)27-22(17)16-20-19-12-5-6-13-21(19)28-24(20)29/h2-6,9-10,12-13,15-16,27H,7-8,11,14H2,1H3,(H,26,30)(H,28,29)/b20-16+. The first-order chi connectivity index (χ1) is 14.6. The lowest BCUT2D eigenvalue weighted by molar-refractivity contribution is -0.110. The first-order valence-corrected chi connectivity index (χ1v) is 10.3. The van der Waals surface area contributed by atoms with Crippen molar-refractivity contribution >= 4 is 29.2 Å². The van der Waals surface area contributed by atoms with Gasteiger partial charge in [0.05, 0.1) is 5.57 Å². The van der Waals surface area contributed by atoms with Gasteiger partial charge in [-0.2, -0.15) is 0 Å². The number of unbranched alkanes of at least 4 members (excludes halogenated alkanes) is 1. The highest BCUT2D eigenvalue weighted by atomic mass is 16.2. The maximum absolute atomic E-state index is 12.5. The minimum Gasteiger partial charge on any atom is -0.351 e. The molecule has 2 aromatic carbocycles. The Morgan fingerprint density at radius 2 is 1.80 bits per heavy atom. The Labute approximate surface area is 176 Å². The lowest BCUT2D eigenvalue weighted by Crippen LogP contribution is -2.24. The first kappa shape index (κ1) is 19.7. The van der Waals surface area contributed by atoms with Crippen LogP contribution in [-0.4, -0.2) is 23.3 Å². The summed E-state index contributed by atoms with van der Waals surface area (Å²) in [6.07, 6.45) is 4.78. The number of carbonyl (C=O) groups is 2. The van der Waals surface area contributed by atoms with E-state index in [1.165, 1.54) is 5.56 Å². The number of fused-ring (bicyclic) bond motifs is 1. The van der Waals surface area contributed by atoms with E-state index in [1.807, 2.05) is 61.5 Å². The molecular formula is C25H25N3O2. The molecule has 30 heavy (non-hydrogen) atoms. The molecule has 3 N–H and O–H groups in total. The minimum atomic E-state index is -0.130. The second-order valence-electron chi connectivity index (χ2n) is 7.54. The van der Waals surface area contributed by atoms with Crippen molar-refractivity contribution in [2.45, 2.75) is 26.2 Å². The highest BCUT2D eigenvalue weighted by Crippen LogP contribution is 2.33. The van der Waals surface area contributed by atoms with Gasteiger partial charge in [-0.15, -0.1) is 0 Å². The molecule has 0 saturated carbocycles. The predicted molar refractivity (Wildman–Crippen MR) is 120 cm³/mol. The van der Waals surface area contributed by atoms with E-state index < -0.39 is 0 Å². The molecule has 1 aliphatic heterocycles. The fourth-order valence-electron chi connectivity index (χ4n) is 3.67. The van der Waals surface area contributed by atoms with Gasteiger partial charge in [0.15, 0.2) is 0 Å². The van der Waals surface area contributed by atoms with Gasteiger partial charge in [-0.1, -0.05) is 48.5 Å². The van der Waals surface area contributed by atoms with Gasteiger partial charge < -0.3 is 15.6 Å². The van der Waals surface area contributed by atoms with Crippen LogP contribution >= 0.6 is 0 Å². The summed E-state index contributed by atoms with van der Waals surface area (Å²) in [6, 6.07) is 19.8. The summed E-state index contributed by atoms with van der Waals surface area (Å²) in [4.78, 5) is 28.0. The van der Waals surface area contributed by atoms with Crippen LogP contribution in [0.5, 0.6) is 0 Å². The van der Waals surface area contributed by atoms with E-state index in [0.717, 1.165) is 41.8 Å². The smallest absolute Gasteiger partial charge is 0.267 e. The number of benzene rings is 2. The molecule has 5 heteroatoms. The van der Waals surface area contributed by atoms with Crippen LogP contribution < -0.4 is 10.6 Å². The quantitative estimate of drug-likeness (QED) is 0.402. The summed E-state index contributed by atoms with van der Waals surface area (Å²) in [6.45, 7) is 2.56. The van der Waals surface area contributed by atoms with Crippen molar-refractivity contribution in [3.8, 4) is 0 Å². The number of aromatic amines is 1. The molecule has 0 radical (unpaired) electrons. The van der Waals surface area contributed by atoms with Gasteiger partial charge in [-0.3, -0.25) is 9.59 Å². The third kappa shape index (κ3) is 4.35. The zero-order chi connectivity index (χ0) is 20.9. The molecule has 0 spiro atoms. The van der Waals surface area contributed by atoms with Crippen molar-refractivity contribution in [3.63, 3.8) is 0 Å². The summed E-state index contributed by atoms with van der Waals surface area (Å²) in [7, 11) is 0. The summed E-state index contributed by atoms with van der Waals surface area (Å²) < 4.78 is 0. The Hall–Kier alpha value is -3.60. The number of aryl methyl sites for hydroxylation is 2. The fourth-order valence-corrected chi connectivity index (χ4v) is 3.67. The molecule has 0 fully saturated rings. The molecule has 1 aliphatic rings. The van der Waals surface area contributed by atoms with Crippen LogP contribution in [0.3, 0.4) is 0 Å². The van der Waals surface area contributed by atoms with Crippen LogP contribution in [0.2, 0.25) is 0 Å². The molecule has 4 rings (SSSR count). The Morgan fingerprint density at radius 3 is 2.63 bits per heavy atom. The lowest BCUT2D eigenvalue weighted by atomic mass is 10.1. The summed E-state index contributed by atoms with van der Waals surface area (Å²) in [5.74, 6) is -0.256.